The first-order chi connectivity index (χ1) is 54.0. The van der Waals surface area contributed by atoms with E-state index in [1.807, 2.05) is 27.7 Å². The number of hydrogen-bond acceptors (Lipinski definition) is 38. The fraction of sp³-hybridized carbons (Fsp3) is 0.986. The van der Waals surface area contributed by atoms with E-state index in [9.17, 15) is 93.7 Å². The molecular formula is C70H139NO38P4-4. The molecule has 676 valence electrons. The maximum atomic E-state index is 13.4. The minimum absolute atomic E-state index is 0.0386. The van der Waals surface area contributed by atoms with Crippen LogP contribution in [0.5, 0.6) is 0 Å². The van der Waals surface area contributed by atoms with Crippen molar-refractivity contribution in [3.8, 4) is 0 Å². The molecule has 0 aromatic heterocycles. The summed E-state index contributed by atoms with van der Waals surface area (Å²) in [6, 6.07) is -0.887. The maximum Gasteiger partial charge on any atom is 0.267 e. The molecule has 0 aromatic rings. The first kappa shape index (κ1) is 110. The minimum atomic E-state index is -5.14. The van der Waals surface area contributed by atoms with Gasteiger partial charge in [-0.3, -0.25) is 23.1 Å². The Kier molecular flexibility index (Phi) is 63.2. The lowest BCUT2D eigenvalue weighted by Gasteiger charge is -2.42. The number of aliphatic hydroxyl groups excluding tert-OH is 10. The lowest BCUT2D eigenvalue weighted by atomic mass is 9.79. The third kappa shape index (κ3) is 49.1. The van der Waals surface area contributed by atoms with Gasteiger partial charge in [0.05, 0.1) is 142 Å². The predicted molar refractivity (Wildman–Crippen MR) is 399 cm³/mol. The van der Waals surface area contributed by atoms with Gasteiger partial charge >= 0.3 is 0 Å². The summed E-state index contributed by atoms with van der Waals surface area (Å²) in [5.41, 5.74) is -1.55. The number of methoxy groups -OCH3 is 1. The molecule has 11 N–H and O–H groups in total. The van der Waals surface area contributed by atoms with Crippen LogP contribution in [0.25, 0.3) is 0 Å². The molecule has 3 aliphatic rings. The van der Waals surface area contributed by atoms with Crippen LogP contribution in [0.2, 0.25) is 0 Å². The van der Waals surface area contributed by atoms with Crippen molar-refractivity contribution >= 4 is 37.2 Å². The zero-order valence-electron chi connectivity index (χ0n) is 67.5. The summed E-state index contributed by atoms with van der Waals surface area (Å²) in [6.07, 6.45) is -4.88. The van der Waals surface area contributed by atoms with Gasteiger partial charge in [-0.05, 0) is 77.0 Å². The molecule has 0 bridgehead atoms. The number of phosphoric ester groups is 4. The van der Waals surface area contributed by atoms with Crippen LogP contribution in [0.1, 0.15) is 164 Å². The van der Waals surface area contributed by atoms with Gasteiger partial charge in [0.2, 0.25) is 5.91 Å². The average Bonchev–Trinajstić information content (AvgIpc) is 0.826. The average molecular weight is 1730 g/mol. The zero-order valence-corrected chi connectivity index (χ0v) is 71.1. The molecule has 39 nitrogen and oxygen atoms in total. The van der Waals surface area contributed by atoms with Crippen molar-refractivity contribution in [1.29, 1.82) is 0 Å². The van der Waals surface area contributed by atoms with Crippen molar-refractivity contribution in [2.75, 3.05) is 179 Å². The molecule has 43 heteroatoms. The fourth-order valence-corrected chi connectivity index (χ4v) is 14.7. The minimum Gasteiger partial charge on any atom is -0.756 e. The van der Waals surface area contributed by atoms with Crippen LogP contribution in [0, 0.1) is 29.1 Å². The Labute approximate surface area is 667 Å². The van der Waals surface area contributed by atoms with Crippen molar-refractivity contribution in [2.24, 2.45) is 29.1 Å². The highest BCUT2D eigenvalue weighted by Gasteiger charge is 2.46. The Morgan fingerprint density at radius 3 is 1.08 bits per heavy atom. The van der Waals surface area contributed by atoms with Crippen LogP contribution in [-0.2, 0) is 111 Å². The van der Waals surface area contributed by atoms with Gasteiger partial charge in [0.25, 0.3) is 31.3 Å². The number of hydrogen-bond donors (Lipinski definition) is 11. The van der Waals surface area contributed by atoms with Gasteiger partial charge in [-0.25, -0.2) is 0 Å². The van der Waals surface area contributed by atoms with Crippen molar-refractivity contribution in [3.05, 3.63) is 0 Å². The summed E-state index contributed by atoms with van der Waals surface area (Å²) >= 11 is 0. The van der Waals surface area contributed by atoms with Crippen molar-refractivity contribution in [3.63, 3.8) is 0 Å². The molecule has 3 rings (SSSR count). The summed E-state index contributed by atoms with van der Waals surface area (Å²) < 4.78 is 155. The number of phosphoric acid groups is 4. The van der Waals surface area contributed by atoms with Gasteiger partial charge in [0.15, 0.2) is 12.6 Å². The molecule has 1 amide bonds. The Balaban J connectivity index is 0.0000157. The van der Waals surface area contributed by atoms with Crippen LogP contribution >= 0.6 is 31.3 Å². The van der Waals surface area contributed by atoms with Crippen molar-refractivity contribution < 1.29 is 182 Å². The van der Waals surface area contributed by atoms with Gasteiger partial charge in [-0.15, -0.1) is 0 Å². The maximum absolute atomic E-state index is 13.4. The number of rotatable bonds is 69. The van der Waals surface area contributed by atoms with Crippen LogP contribution < -0.4 is 24.9 Å². The highest BCUT2D eigenvalue weighted by molar-refractivity contribution is 7.46. The Bertz CT molecular complexity index is 2430. The van der Waals surface area contributed by atoms with Gasteiger partial charge in [-0.2, -0.15) is 0 Å². The molecule has 20 atom stereocenters. The second-order valence-corrected chi connectivity index (χ2v) is 33.1. The van der Waals surface area contributed by atoms with E-state index in [2.05, 4.69) is 5.32 Å². The lowest BCUT2D eigenvalue weighted by Crippen LogP contribution is -2.61. The third-order valence-corrected chi connectivity index (χ3v) is 21.9. The number of nitrogens with one attached hydrogen (secondary N) is 1. The molecule has 2 saturated heterocycles. The second-order valence-electron chi connectivity index (χ2n) is 27.4. The molecule has 11 unspecified atom stereocenters. The van der Waals surface area contributed by atoms with Crippen molar-refractivity contribution in [2.45, 2.75) is 238 Å². The van der Waals surface area contributed by atoms with E-state index < -0.39 is 193 Å². The Morgan fingerprint density at radius 2 is 0.743 bits per heavy atom. The summed E-state index contributed by atoms with van der Waals surface area (Å²) in [5.74, 6) is -2.54. The molecule has 3 fully saturated rings. The lowest BCUT2D eigenvalue weighted by molar-refractivity contribution is -0.282. The SMILES string of the molecule is CC.CC.COCCCOCC(CO)COCCCOP(=O)([O-])OCC(COCCCOP(=O)([O-])OCCCCCCO[C@@H]1OC(CO)[C@H](O)[C@H](O)C1C)(COCCCOP(=O)([O-])OCCCCCCO[C@@H]1OC(CO)[C@H](O)[C@H](O)C1C)COCCCOP(=O)([O-])OCCCCCCO[C@@H]1CC(CO)[C@H](O)[C@H](O)C1NC(C)=O. The molecule has 2 heterocycles. The summed E-state index contributed by atoms with van der Waals surface area (Å²) in [5, 5.41) is 103. The van der Waals surface area contributed by atoms with Gasteiger partial charge < -0.3 is 164 Å². The van der Waals surface area contributed by atoms with Crippen LogP contribution in [0.4, 0.5) is 0 Å². The number of aliphatic hydroxyl groups is 10. The normalized spacial score (nSPS) is 27.0. The fourth-order valence-electron chi connectivity index (χ4n) is 11.5. The molecule has 1 saturated carbocycles. The van der Waals surface area contributed by atoms with E-state index in [4.69, 9.17) is 88.3 Å². The Hall–Kier alpha value is -0.930. The van der Waals surface area contributed by atoms with Crippen molar-refractivity contribution in [1.82, 2.24) is 5.32 Å². The largest absolute Gasteiger partial charge is 0.756 e. The molecule has 2 aliphatic heterocycles. The zero-order chi connectivity index (χ0) is 84.6. The predicted octanol–water partition coefficient (Wildman–Crippen LogP) is 1.81. The number of carbonyl (C=O) groups is 1. The molecule has 1 aliphatic carbocycles. The van der Waals surface area contributed by atoms with E-state index >= 15 is 0 Å². The van der Waals surface area contributed by atoms with E-state index in [0.717, 1.165) is 0 Å². The first-order valence-electron chi connectivity index (χ1n) is 39.7. The number of amides is 1. The van der Waals surface area contributed by atoms with Crippen LogP contribution in [0.15, 0.2) is 0 Å². The van der Waals surface area contributed by atoms with E-state index in [1.54, 1.807) is 21.0 Å². The smallest absolute Gasteiger partial charge is 0.267 e. The summed E-state index contributed by atoms with van der Waals surface area (Å²) in [6.45, 7) is 8.27. The summed E-state index contributed by atoms with van der Waals surface area (Å²) in [7, 11) is -18.0. The molecule has 113 heavy (non-hydrogen) atoms. The topological polar surface area (TPSA) is 567 Å². The number of unbranched alkanes of at least 4 members (excludes halogenated alkanes) is 9. The molecular weight excluding hydrogens is 1590 g/mol. The quantitative estimate of drug-likeness (QED) is 0.0305. The second kappa shape index (κ2) is 64.8. The van der Waals surface area contributed by atoms with Gasteiger partial charge in [0, 0.05) is 104 Å². The van der Waals surface area contributed by atoms with E-state index in [-0.39, 0.29) is 137 Å². The number of ether oxygens (including phenoxy) is 11. The molecule has 0 aromatic carbocycles. The van der Waals surface area contributed by atoms with Crippen LogP contribution in [0.3, 0.4) is 0 Å². The van der Waals surface area contributed by atoms with Crippen LogP contribution in [-0.4, -0.2) is 309 Å². The molecule has 0 spiro atoms. The third-order valence-electron chi connectivity index (χ3n) is 18.0. The van der Waals surface area contributed by atoms with Gasteiger partial charge in [-0.1, -0.05) is 80.1 Å². The Morgan fingerprint density at radius 1 is 0.416 bits per heavy atom. The first-order valence-corrected chi connectivity index (χ1v) is 45.6. The highest BCUT2D eigenvalue weighted by Crippen LogP contribution is 2.43. The molecule has 0 radical (unpaired) electrons. The standard InChI is InChI=1S/C66H131NO38P4.2C2H6/c1-49-58(73)61(76)55(41-70)104-64(49)94-29-12-6-9-15-32-97-107(81,82)100-36-20-26-91-46-66(48-103-109(85,86)102-34-18-24-89-44-52(39-68)43-88-23-17-22-87-4,47-92-27-21-37-101-108(83,84)98-33-16-10-7-13-30-95-65-50(2)59(74)62(77)56(42-71)105-65)45-90-25-19-35-99-106(79,80)96-31-14-8-5-11-28-93-54-38-53(40-69)60(75)63(78)57(54)67-51(3)72;2*1-2/h49-50,52-65,68-71,73-78H,5-48H2,1-4H3,(H,67,72)(H,79,80)(H,81,82)(H,83,84)(H,85,86);2*1-2H3/p-4/t49?,50?,52?,53?,54-,55?,56?,57?,58-,59-,60+,61+,62+,63-,64-,65-,66?;;/m1../s1. The van der Waals surface area contributed by atoms with E-state index in [0.29, 0.717) is 96.7 Å². The van der Waals surface area contributed by atoms with E-state index in [1.165, 1.54) is 6.92 Å². The summed E-state index contributed by atoms with van der Waals surface area (Å²) in [4.78, 5) is 63.3. The van der Waals surface area contributed by atoms with Gasteiger partial charge in [0.1, 0.15) is 30.5 Å². The highest BCUT2D eigenvalue weighted by atomic mass is 31.2. The number of carbonyl (C=O) groups excluding carboxylic acids is 1. The monoisotopic (exact) mass is 1730 g/mol.